The highest BCUT2D eigenvalue weighted by molar-refractivity contribution is 5.88. The van der Waals surface area contributed by atoms with Crippen molar-refractivity contribution in [3.63, 3.8) is 0 Å². The zero-order valence-corrected chi connectivity index (χ0v) is 17.8. The summed E-state index contributed by atoms with van der Waals surface area (Å²) in [6.45, 7) is 6.47. The number of rotatable bonds is 7. The lowest BCUT2D eigenvalue weighted by Crippen LogP contribution is -2.28. The molecule has 0 spiro atoms. The number of carbonyl (C=O) groups excluding carboxylic acids is 2. The van der Waals surface area contributed by atoms with Crippen molar-refractivity contribution >= 4 is 22.8 Å². The van der Waals surface area contributed by atoms with Crippen LogP contribution >= 0.6 is 0 Å². The summed E-state index contributed by atoms with van der Waals surface area (Å²) in [5.74, 6) is 0.855. The molecule has 0 bridgehead atoms. The Morgan fingerprint density at radius 2 is 1.94 bits per heavy atom. The van der Waals surface area contributed by atoms with E-state index in [-0.39, 0.29) is 25.7 Å². The van der Waals surface area contributed by atoms with Crippen LogP contribution in [0.25, 0.3) is 11.0 Å². The van der Waals surface area contributed by atoms with Crippen molar-refractivity contribution in [3.8, 4) is 11.5 Å². The van der Waals surface area contributed by atoms with Gasteiger partial charge in [0.05, 0.1) is 12.7 Å². The Bertz CT molecular complexity index is 1130. The van der Waals surface area contributed by atoms with Crippen molar-refractivity contribution in [1.29, 1.82) is 0 Å². The number of ether oxygens (including phenoxy) is 3. The van der Waals surface area contributed by atoms with Crippen molar-refractivity contribution in [2.75, 3.05) is 13.4 Å². The van der Waals surface area contributed by atoms with Crippen LogP contribution in [-0.2, 0) is 27.3 Å². The summed E-state index contributed by atoms with van der Waals surface area (Å²) < 4.78 is 21.3. The molecule has 1 N–H and O–H groups in total. The Kier molecular flexibility index (Phi) is 5.84. The second kappa shape index (κ2) is 8.71. The van der Waals surface area contributed by atoms with Gasteiger partial charge in [0.25, 0.3) is 5.91 Å². The second-order valence-corrected chi connectivity index (χ2v) is 7.92. The maximum atomic E-state index is 12.3. The molecule has 7 heteroatoms. The summed E-state index contributed by atoms with van der Waals surface area (Å²) in [6, 6.07) is 9.51. The predicted octanol–water partition coefficient (Wildman–Crippen LogP) is 4.00. The van der Waals surface area contributed by atoms with E-state index in [1.807, 2.05) is 25.1 Å². The minimum atomic E-state index is -0.479. The lowest BCUT2D eigenvalue weighted by Gasteiger charge is -2.10. The Morgan fingerprint density at radius 3 is 2.74 bits per heavy atom. The highest BCUT2D eigenvalue weighted by Gasteiger charge is 2.16. The first kappa shape index (κ1) is 20.8. The van der Waals surface area contributed by atoms with Crippen LogP contribution in [0.15, 0.2) is 41.0 Å². The van der Waals surface area contributed by atoms with Crippen LogP contribution in [0.3, 0.4) is 0 Å². The molecule has 0 aliphatic carbocycles. The smallest absolute Gasteiger partial charge is 0.310 e. The van der Waals surface area contributed by atoms with Crippen LogP contribution in [0.4, 0.5) is 0 Å². The van der Waals surface area contributed by atoms with Crippen molar-refractivity contribution in [2.24, 2.45) is 0 Å². The van der Waals surface area contributed by atoms with Gasteiger partial charge in [0.15, 0.2) is 18.1 Å². The van der Waals surface area contributed by atoms with Gasteiger partial charge in [-0.1, -0.05) is 19.9 Å². The van der Waals surface area contributed by atoms with E-state index in [4.69, 9.17) is 18.6 Å². The number of hydrogen-bond acceptors (Lipinski definition) is 6. The Balaban J connectivity index is 1.30. The SMILES string of the molecule is Cc1cc2occ(CC(=O)OCC(=O)NCc3ccc4c(c3)OCO4)c2cc1C(C)C. The van der Waals surface area contributed by atoms with E-state index in [0.29, 0.717) is 24.0 Å². The topological polar surface area (TPSA) is 87.0 Å². The van der Waals surface area contributed by atoms with Crippen molar-refractivity contribution in [3.05, 3.63) is 58.8 Å². The molecule has 0 atom stereocenters. The highest BCUT2D eigenvalue weighted by atomic mass is 16.7. The summed E-state index contributed by atoms with van der Waals surface area (Å²) in [5.41, 5.74) is 4.73. The van der Waals surface area contributed by atoms with Crippen LogP contribution in [-0.4, -0.2) is 25.3 Å². The standard InChI is InChI=1S/C24H25NO6/c1-14(2)18-9-19-17(11-28-21(19)6-15(18)3)8-24(27)29-12-23(26)25-10-16-4-5-20-22(7-16)31-13-30-20/h4-7,9,11,14H,8,10,12-13H2,1-3H3,(H,25,26). The van der Waals surface area contributed by atoms with Gasteiger partial charge in [-0.3, -0.25) is 9.59 Å². The van der Waals surface area contributed by atoms with Gasteiger partial charge in [-0.2, -0.15) is 0 Å². The summed E-state index contributed by atoms with van der Waals surface area (Å²) >= 11 is 0. The monoisotopic (exact) mass is 423 g/mol. The molecule has 7 nitrogen and oxygen atoms in total. The average molecular weight is 423 g/mol. The van der Waals surface area contributed by atoms with Crippen LogP contribution in [0.5, 0.6) is 11.5 Å². The highest BCUT2D eigenvalue weighted by Crippen LogP contribution is 2.32. The summed E-state index contributed by atoms with van der Waals surface area (Å²) in [6.07, 6.45) is 1.62. The van der Waals surface area contributed by atoms with Crippen molar-refractivity contribution in [2.45, 2.75) is 39.7 Å². The molecule has 2 aromatic carbocycles. The lowest BCUT2D eigenvalue weighted by atomic mass is 9.95. The number of hydrogen-bond donors (Lipinski definition) is 1. The average Bonchev–Trinajstić information content (AvgIpc) is 3.36. The van der Waals surface area contributed by atoms with Crippen LogP contribution in [0.1, 0.15) is 42.0 Å². The maximum Gasteiger partial charge on any atom is 0.310 e. The molecule has 1 amide bonds. The second-order valence-electron chi connectivity index (χ2n) is 7.92. The third-order valence-corrected chi connectivity index (χ3v) is 5.29. The molecule has 4 rings (SSSR count). The number of carbonyl (C=O) groups is 2. The van der Waals surface area contributed by atoms with E-state index in [2.05, 4.69) is 25.2 Å². The van der Waals surface area contributed by atoms with E-state index in [1.165, 1.54) is 5.56 Å². The molecular formula is C24H25NO6. The normalized spacial score (nSPS) is 12.4. The number of nitrogens with one attached hydrogen (secondary N) is 1. The van der Waals surface area contributed by atoms with Crippen molar-refractivity contribution in [1.82, 2.24) is 5.32 Å². The Hall–Kier alpha value is -3.48. The molecule has 0 radical (unpaired) electrons. The lowest BCUT2D eigenvalue weighted by molar-refractivity contribution is -0.147. The molecule has 1 aromatic heterocycles. The minimum absolute atomic E-state index is 0.0447. The molecule has 2 heterocycles. The molecule has 1 aliphatic heterocycles. The first-order valence-corrected chi connectivity index (χ1v) is 10.2. The number of amides is 1. The summed E-state index contributed by atoms with van der Waals surface area (Å²) in [5, 5.41) is 3.63. The summed E-state index contributed by atoms with van der Waals surface area (Å²) in [7, 11) is 0. The molecular weight excluding hydrogens is 398 g/mol. The fraction of sp³-hybridized carbons (Fsp3) is 0.333. The van der Waals surface area contributed by atoms with Gasteiger partial charge in [-0.15, -0.1) is 0 Å². The molecule has 162 valence electrons. The van der Waals surface area contributed by atoms with Crippen LogP contribution in [0, 0.1) is 6.92 Å². The molecule has 0 saturated carbocycles. The number of aryl methyl sites for hydroxylation is 1. The number of benzene rings is 2. The molecule has 0 unspecified atom stereocenters. The van der Waals surface area contributed by atoms with E-state index in [9.17, 15) is 9.59 Å². The van der Waals surface area contributed by atoms with E-state index < -0.39 is 5.97 Å². The maximum absolute atomic E-state index is 12.3. The number of furan rings is 1. The molecule has 3 aromatic rings. The van der Waals surface area contributed by atoms with Crippen molar-refractivity contribution < 1.29 is 28.2 Å². The molecule has 1 aliphatic rings. The zero-order chi connectivity index (χ0) is 22.0. The van der Waals surface area contributed by atoms with Gasteiger partial charge in [-0.05, 0) is 53.8 Å². The van der Waals surface area contributed by atoms with E-state index in [1.54, 1.807) is 12.3 Å². The van der Waals surface area contributed by atoms with Crippen LogP contribution < -0.4 is 14.8 Å². The van der Waals surface area contributed by atoms with Crippen LogP contribution in [0.2, 0.25) is 0 Å². The first-order chi connectivity index (χ1) is 14.9. The summed E-state index contributed by atoms with van der Waals surface area (Å²) in [4.78, 5) is 24.3. The third-order valence-electron chi connectivity index (χ3n) is 5.29. The molecule has 0 saturated heterocycles. The van der Waals surface area contributed by atoms with Gasteiger partial charge in [-0.25, -0.2) is 0 Å². The number of esters is 1. The zero-order valence-electron chi connectivity index (χ0n) is 17.8. The number of fused-ring (bicyclic) bond motifs is 2. The van der Waals surface area contributed by atoms with E-state index >= 15 is 0 Å². The molecule has 31 heavy (non-hydrogen) atoms. The fourth-order valence-electron chi connectivity index (χ4n) is 3.66. The van der Waals surface area contributed by atoms with E-state index in [0.717, 1.165) is 27.7 Å². The fourth-order valence-corrected chi connectivity index (χ4v) is 3.66. The predicted molar refractivity (Wildman–Crippen MR) is 114 cm³/mol. The molecule has 0 fully saturated rings. The van der Waals surface area contributed by atoms with Gasteiger partial charge < -0.3 is 23.9 Å². The Morgan fingerprint density at radius 1 is 1.13 bits per heavy atom. The first-order valence-electron chi connectivity index (χ1n) is 10.2. The third kappa shape index (κ3) is 4.66. The minimum Gasteiger partial charge on any atom is -0.464 e. The van der Waals surface area contributed by atoms with Gasteiger partial charge >= 0.3 is 5.97 Å². The Labute approximate surface area is 180 Å². The quantitative estimate of drug-likeness (QED) is 0.578. The van der Waals surface area contributed by atoms with Gasteiger partial charge in [0.2, 0.25) is 6.79 Å². The van der Waals surface area contributed by atoms with Gasteiger partial charge in [0.1, 0.15) is 5.58 Å². The van der Waals surface area contributed by atoms with Gasteiger partial charge in [0, 0.05) is 17.5 Å². The largest absolute Gasteiger partial charge is 0.464 e.